The molecule has 2 aromatic rings. The van der Waals surface area contributed by atoms with Gasteiger partial charge in [-0.25, -0.2) is 0 Å². The van der Waals surface area contributed by atoms with Crippen LogP contribution in [0.25, 0.3) is 11.1 Å². The molecule has 3 nitrogen and oxygen atoms in total. The molecular formula is C14H17NO2S. The third-order valence-corrected chi connectivity index (χ3v) is 3.49. The van der Waals surface area contributed by atoms with Crippen molar-refractivity contribution >= 4 is 11.3 Å². The minimum atomic E-state index is 0.763. The molecule has 0 bridgehead atoms. The molecule has 0 aliphatic carbocycles. The van der Waals surface area contributed by atoms with Crippen molar-refractivity contribution in [2.75, 3.05) is 21.3 Å². The van der Waals surface area contributed by atoms with Crippen molar-refractivity contribution in [3.63, 3.8) is 0 Å². The van der Waals surface area contributed by atoms with Crippen molar-refractivity contribution in [1.82, 2.24) is 5.32 Å². The van der Waals surface area contributed by atoms with E-state index < -0.39 is 0 Å². The van der Waals surface area contributed by atoms with Crippen molar-refractivity contribution in [3.8, 4) is 22.6 Å². The van der Waals surface area contributed by atoms with Gasteiger partial charge in [0, 0.05) is 6.54 Å². The maximum atomic E-state index is 5.37. The Morgan fingerprint density at radius 1 is 1.17 bits per heavy atom. The first-order valence-corrected chi connectivity index (χ1v) is 6.66. The highest BCUT2D eigenvalue weighted by Gasteiger charge is 2.12. The molecule has 4 heteroatoms. The van der Waals surface area contributed by atoms with Crippen LogP contribution in [0.1, 0.15) is 5.56 Å². The number of methoxy groups -OCH3 is 2. The lowest BCUT2D eigenvalue weighted by Gasteiger charge is -2.14. The second-order valence-electron chi connectivity index (χ2n) is 3.91. The van der Waals surface area contributed by atoms with Crippen molar-refractivity contribution in [2.24, 2.45) is 0 Å². The Bertz CT molecular complexity index is 509. The Labute approximate surface area is 111 Å². The van der Waals surface area contributed by atoms with Crippen LogP contribution in [0.5, 0.6) is 11.5 Å². The van der Waals surface area contributed by atoms with Crippen molar-refractivity contribution in [3.05, 3.63) is 34.5 Å². The fourth-order valence-electron chi connectivity index (χ4n) is 1.94. The van der Waals surface area contributed by atoms with Gasteiger partial charge in [0.2, 0.25) is 0 Å². The largest absolute Gasteiger partial charge is 0.493 e. The summed E-state index contributed by atoms with van der Waals surface area (Å²) in [5.74, 6) is 1.53. The summed E-state index contributed by atoms with van der Waals surface area (Å²) in [4.78, 5) is 0. The van der Waals surface area contributed by atoms with E-state index in [4.69, 9.17) is 9.47 Å². The van der Waals surface area contributed by atoms with Gasteiger partial charge in [0.05, 0.1) is 14.2 Å². The van der Waals surface area contributed by atoms with Gasteiger partial charge in [-0.15, -0.1) is 0 Å². The normalized spacial score (nSPS) is 10.4. The van der Waals surface area contributed by atoms with Gasteiger partial charge >= 0.3 is 0 Å². The Hall–Kier alpha value is -1.52. The molecule has 0 unspecified atom stereocenters. The molecule has 0 spiro atoms. The Kier molecular flexibility index (Phi) is 4.23. The molecule has 1 aromatic carbocycles. The minimum Gasteiger partial charge on any atom is -0.493 e. The van der Waals surface area contributed by atoms with Gasteiger partial charge in [-0.2, -0.15) is 11.3 Å². The van der Waals surface area contributed by atoms with E-state index in [0.717, 1.165) is 18.0 Å². The first kappa shape index (κ1) is 12.9. The van der Waals surface area contributed by atoms with Crippen LogP contribution in [0.15, 0.2) is 29.0 Å². The topological polar surface area (TPSA) is 30.5 Å². The van der Waals surface area contributed by atoms with Gasteiger partial charge in [0.15, 0.2) is 11.5 Å². The maximum absolute atomic E-state index is 5.37. The molecule has 0 fully saturated rings. The predicted octanol–water partition coefficient (Wildman–Crippen LogP) is 3.15. The number of hydrogen-bond acceptors (Lipinski definition) is 4. The highest BCUT2D eigenvalue weighted by Crippen LogP contribution is 2.36. The van der Waals surface area contributed by atoms with E-state index in [1.165, 1.54) is 16.7 Å². The van der Waals surface area contributed by atoms with Crippen molar-refractivity contribution < 1.29 is 9.47 Å². The average molecular weight is 263 g/mol. The smallest absolute Gasteiger partial charge is 0.161 e. The fraction of sp³-hybridized carbons (Fsp3) is 0.286. The molecular weight excluding hydrogens is 246 g/mol. The first-order chi connectivity index (χ1) is 8.80. The van der Waals surface area contributed by atoms with Crippen LogP contribution in [0.3, 0.4) is 0 Å². The highest BCUT2D eigenvalue weighted by atomic mass is 32.1. The number of rotatable bonds is 5. The summed E-state index contributed by atoms with van der Waals surface area (Å²) in [5, 5.41) is 7.40. The monoisotopic (exact) mass is 263 g/mol. The van der Waals surface area contributed by atoms with E-state index in [1.807, 2.05) is 19.2 Å². The second-order valence-corrected chi connectivity index (χ2v) is 4.69. The number of thiophene rings is 1. The van der Waals surface area contributed by atoms with Crippen LogP contribution in [-0.4, -0.2) is 21.3 Å². The van der Waals surface area contributed by atoms with E-state index in [-0.39, 0.29) is 0 Å². The lowest BCUT2D eigenvalue weighted by atomic mass is 10.0. The molecule has 1 heterocycles. The number of benzene rings is 1. The summed E-state index contributed by atoms with van der Waals surface area (Å²) in [6, 6.07) is 6.18. The summed E-state index contributed by atoms with van der Waals surface area (Å²) in [5.41, 5.74) is 3.60. The molecule has 96 valence electrons. The fourth-order valence-corrected chi connectivity index (χ4v) is 2.60. The van der Waals surface area contributed by atoms with Crippen molar-refractivity contribution in [2.45, 2.75) is 6.54 Å². The zero-order chi connectivity index (χ0) is 13.0. The minimum absolute atomic E-state index is 0.763. The number of hydrogen-bond donors (Lipinski definition) is 1. The molecule has 0 radical (unpaired) electrons. The first-order valence-electron chi connectivity index (χ1n) is 5.72. The zero-order valence-corrected chi connectivity index (χ0v) is 11.6. The average Bonchev–Trinajstić information content (AvgIpc) is 2.92. The van der Waals surface area contributed by atoms with Crippen LogP contribution in [0.2, 0.25) is 0 Å². The van der Waals surface area contributed by atoms with Crippen LogP contribution in [0.4, 0.5) is 0 Å². The standard InChI is InChI=1S/C14H17NO2S/c1-15-8-11-6-13(16-2)14(17-3)7-12(11)10-4-5-18-9-10/h4-7,9,15H,8H2,1-3H3. The molecule has 1 N–H and O–H groups in total. The Morgan fingerprint density at radius 2 is 1.89 bits per heavy atom. The van der Waals surface area contributed by atoms with E-state index in [1.54, 1.807) is 25.6 Å². The Morgan fingerprint density at radius 3 is 2.44 bits per heavy atom. The third kappa shape index (κ3) is 2.49. The lowest BCUT2D eigenvalue weighted by molar-refractivity contribution is 0.354. The Balaban J connectivity index is 2.55. The zero-order valence-electron chi connectivity index (χ0n) is 10.8. The number of nitrogens with one attached hydrogen (secondary N) is 1. The molecule has 0 saturated heterocycles. The molecule has 1 aromatic heterocycles. The molecule has 0 saturated carbocycles. The van der Waals surface area contributed by atoms with E-state index >= 15 is 0 Å². The van der Waals surface area contributed by atoms with E-state index in [2.05, 4.69) is 22.1 Å². The maximum Gasteiger partial charge on any atom is 0.161 e. The summed E-state index contributed by atoms with van der Waals surface area (Å²) < 4.78 is 10.7. The second kappa shape index (κ2) is 5.89. The molecule has 18 heavy (non-hydrogen) atoms. The quantitative estimate of drug-likeness (QED) is 0.899. The van der Waals surface area contributed by atoms with Gasteiger partial charge in [-0.3, -0.25) is 0 Å². The highest BCUT2D eigenvalue weighted by molar-refractivity contribution is 7.08. The van der Waals surface area contributed by atoms with Gasteiger partial charge < -0.3 is 14.8 Å². The predicted molar refractivity (Wildman–Crippen MR) is 75.6 cm³/mol. The third-order valence-electron chi connectivity index (χ3n) is 2.81. The number of ether oxygens (including phenoxy) is 2. The van der Waals surface area contributed by atoms with Gasteiger partial charge in [-0.1, -0.05) is 0 Å². The summed E-state index contributed by atoms with van der Waals surface area (Å²) in [6.45, 7) is 0.797. The SMILES string of the molecule is CNCc1cc(OC)c(OC)cc1-c1ccsc1. The summed E-state index contributed by atoms with van der Waals surface area (Å²) in [7, 11) is 5.26. The molecule has 0 aliphatic heterocycles. The molecule has 0 amide bonds. The van der Waals surface area contributed by atoms with Gasteiger partial charge in [0.25, 0.3) is 0 Å². The summed E-state index contributed by atoms with van der Waals surface area (Å²) >= 11 is 1.69. The summed E-state index contributed by atoms with van der Waals surface area (Å²) in [6.07, 6.45) is 0. The van der Waals surface area contributed by atoms with Crippen LogP contribution in [-0.2, 0) is 6.54 Å². The lowest BCUT2D eigenvalue weighted by Crippen LogP contribution is -2.07. The van der Waals surface area contributed by atoms with Crippen molar-refractivity contribution in [1.29, 1.82) is 0 Å². The van der Waals surface area contributed by atoms with E-state index in [9.17, 15) is 0 Å². The van der Waals surface area contributed by atoms with Crippen LogP contribution < -0.4 is 14.8 Å². The van der Waals surface area contributed by atoms with E-state index in [0.29, 0.717) is 0 Å². The molecule has 0 atom stereocenters. The van der Waals surface area contributed by atoms with Crippen LogP contribution in [0, 0.1) is 0 Å². The molecule has 2 rings (SSSR count). The molecule has 0 aliphatic rings. The van der Waals surface area contributed by atoms with Gasteiger partial charge in [-0.05, 0) is 52.7 Å². The van der Waals surface area contributed by atoms with Crippen LogP contribution >= 0.6 is 11.3 Å². The van der Waals surface area contributed by atoms with Gasteiger partial charge in [0.1, 0.15) is 0 Å².